The summed E-state index contributed by atoms with van der Waals surface area (Å²) in [6.45, 7) is 0. The van der Waals surface area contributed by atoms with Crippen LogP contribution in [0.2, 0.25) is 0 Å². The Morgan fingerprint density at radius 1 is 1.54 bits per heavy atom. The number of aromatic nitrogens is 2. The average molecular weight is 185 g/mol. The van der Waals surface area contributed by atoms with E-state index in [1.165, 1.54) is 7.11 Å². The molecule has 0 fully saturated rings. The lowest BCUT2D eigenvalue weighted by Crippen LogP contribution is -2.24. The van der Waals surface area contributed by atoms with Gasteiger partial charge in [0.05, 0.1) is 0 Å². The van der Waals surface area contributed by atoms with Gasteiger partial charge in [0.2, 0.25) is 5.84 Å². The van der Waals surface area contributed by atoms with Gasteiger partial charge in [-0.2, -0.15) is 0 Å². The molecule has 0 saturated heterocycles. The van der Waals surface area contributed by atoms with Gasteiger partial charge in [0.15, 0.2) is 11.5 Å². The van der Waals surface area contributed by atoms with E-state index in [2.05, 4.69) is 24.9 Å². The van der Waals surface area contributed by atoms with Crippen LogP contribution in [0.3, 0.4) is 0 Å². The zero-order valence-corrected chi connectivity index (χ0v) is 7.68. The van der Waals surface area contributed by atoms with Crippen LogP contribution in [-0.2, 0) is 4.84 Å². The first-order valence-corrected chi connectivity index (χ1v) is 3.53. The predicted molar refractivity (Wildman–Crippen MR) is 45.9 cm³/mol. The van der Waals surface area contributed by atoms with E-state index in [0.717, 1.165) is 0 Å². The Morgan fingerprint density at radius 2 is 2.23 bits per heavy atom. The zero-order valence-electron chi connectivity index (χ0n) is 7.68. The molecule has 1 rings (SSSR count). The largest absolute Gasteiger partial charge is 0.397 e. The molecule has 0 saturated carbocycles. The first-order valence-electron chi connectivity index (χ1n) is 3.53. The highest BCUT2D eigenvalue weighted by atomic mass is 16.6. The summed E-state index contributed by atoms with van der Waals surface area (Å²) >= 11 is 0. The quantitative estimate of drug-likeness (QED) is 0.380. The van der Waals surface area contributed by atoms with Gasteiger partial charge in [-0.05, 0) is 10.3 Å². The van der Waals surface area contributed by atoms with E-state index in [0.29, 0.717) is 11.5 Å². The third-order valence-corrected chi connectivity index (χ3v) is 1.33. The van der Waals surface area contributed by atoms with Crippen molar-refractivity contribution in [3.63, 3.8) is 0 Å². The van der Waals surface area contributed by atoms with Gasteiger partial charge in [-0.1, -0.05) is 5.16 Å². The molecule has 1 aromatic rings. The van der Waals surface area contributed by atoms with Gasteiger partial charge in [-0.15, -0.1) is 0 Å². The third-order valence-electron chi connectivity index (χ3n) is 1.33. The molecule has 0 aromatic carbocycles. The van der Waals surface area contributed by atoms with Crippen molar-refractivity contribution < 1.29 is 9.47 Å². The summed E-state index contributed by atoms with van der Waals surface area (Å²) < 4.78 is 4.43. The molecule has 0 spiro atoms. The Morgan fingerprint density at radius 3 is 2.62 bits per heavy atom. The van der Waals surface area contributed by atoms with E-state index in [1.807, 2.05) is 0 Å². The molecule has 1 aromatic heterocycles. The first kappa shape index (κ1) is 9.30. The van der Waals surface area contributed by atoms with E-state index in [9.17, 15) is 0 Å². The molecule has 0 aliphatic rings. The minimum Gasteiger partial charge on any atom is -0.397 e. The van der Waals surface area contributed by atoms with Crippen LogP contribution < -0.4 is 5.73 Å². The van der Waals surface area contributed by atoms with Crippen molar-refractivity contribution in [3.8, 4) is 0 Å². The van der Waals surface area contributed by atoms with Gasteiger partial charge in [-0.25, -0.2) is 4.63 Å². The predicted octanol–water partition coefficient (Wildman–Crippen LogP) is -0.479. The number of nitrogens with two attached hydrogens (primary N) is 1. The van der Waals surface area contributed by atoms with Gasteiger partial charge < -0.3 is 15.5 Å². The second-order valence-electron chi connectivity index (χ2n) is 2.49. The van der Waals surface area contributed by atoms with E-state index < -0.39 is 0 Å². The van der Waals surface area contributed by atoms with Crippen molar-refractivity contribution in [2.24, 2.45) is 5.16 Å². The van der Waals surface area contributed by atoms with Crippen LogP contribution in [0.4, 0.5) is 5.82 Å². The van der Waals surface area contributed by atoms with Crippen LogP contribution in [0.25, 0.3) is 0 Å². The fraction of sp³-hybridized carbons (Fsp3) is 0.500. The molecule has 2 N–H and O–H groups in total. The van der Waals surface area contributed by atoms with Crippen molar-refractivity contribution >= 4 is 11.7 Å². The maximum absolute atomic E-state index is 5.48. The number of oxime groups is 1. The first-order chi connectivity index (χ1) is 6.16. The third kappa shape index (κ3) is 1.86. The minimum absolute atomic E-state index is 0.185. The zero-order chi connectivity index (χ0) is 9.84. The molecule has 0 amide bonds. The number of hydrogen-bond acceptors (Lipinski definition) is 6. The van der Waals surface area contributed by atoms with Crippen LogP contribution in [0.1, 0.15) is 5.69 Å². The lowest BCUT2D eigenvalue weighted by Gasteiger charge is -2.11. The number of amidine groups is 1. The van der Waals surface area contributed by atoms with E-state index in [-0.39, 0.29) is 5.82 Å². The molecular weight excluding hydrogens is 174 g/mol. The molecule has 7 heteroatoms. The Balaban J connectivity index is 3.03. The van der Waals surface area contributed by atoms with Gasteiger partial charge in [0.1, 0.15) is 7.11 Å². The monoisotopic (exact) mass is 185 g/mol. The summed E-state index contributed by atoms with van der Waals surface area (Å²) in [6, 6.07) is 0. The maximum Gasteiger partial charge on any atom is 0.201 e. The molecule has 0 bridgehead atoms. The molecule has 1 heterocycles. The lowest BCUT2D eigenvalue weighted by atomic mass is 10.4. The van der Waals surface area contributed by atoms with Crippen molar-refractivity contribution in [2.75, 3.05) is 26.9 Å². The van der Waals surface area contributed by atoms with Crippen molar-refractivity contribution in [2.45, 2.75) is 0 Å². The number of nitrogen functional groups attached to an aromatic ring is 1. The Bertz CT molecular complexity index is 306. The molecule has 0 aliphatic heterocycles. The Labute approximate surface area is 75.1 Å². The minimum atomic E-state index is 0.185. The summed E-state index contributed by atoms with van der Waals surface area (Å²) in [4.78, 5) is 6.32. The maximum atomic E-state index is 5.48. The van der Waals surface area contributed by atoms with Crippen LogP contribution in [0.5, 0.6) is 0 Å². The van der Waals surface area contributed by atoms with Crippen molar-refractivity contribution in [1.82, 2.24) is 15.2 Å². The van der Waals surface area contributed by atoms with E-state index >= 15 is 0 Å². The van der Waals surface area contributed by atoms with Gasteiger partial charge in [0.25, 0.3) is 0 Å². The summed E-state index contributed by atoms with van der Waals surface area (Å²) in [5.41, 5.74) is 5.85. The average Bonchev–Trinajstić information content (AvgIpc) is 2.47. The molecular formula is C6H11N5O2. The summed E-state index contributed by atoms with van der Waals surface area (Å²) in [5.74, 6) is 0.644. The van der Waals surface area contributed by atoms with E-state index in [1.54, 1.807) is 19.0 Å². The van der Waals surface area contributed by atoms with Crippen molar-refractivity contribution in [1.29, 1.82) is 0 Å². The lowest BCUT2D eigenvalue weighted by molar-refractivity contribution is 0.208. The van der Waals surface area contributed by atoms with E-state index in [4.69, 9.17) is 5.73 Å². The smallest absolute Gasteiger partial charge is 0.201 e. The highest BCUT2D eigenvalue weighted by Crippen LogP contribution is 2.07. The SMILES string of the molecule is CO/N=C(/c1nonc1N)N(C)C. The molecule has 0 atom stereocenters. The number of hydrogen-bond donors (Lipinski definition) is 1. The molecule has 72 valence electrons. The summed E-state index contributed by atoms with van der Waals surface area (Å²) in [6.07, 6.45) is 0. The summed E-state index contributed by atoms with van der Waals surface area (Å²) in [5, 5.41) is 10.8. The van der Waals surface area contributed by atoms with Gasteiger partial charge in [0, 0.05) is 14.1 Å². The molecule has 0 unspecified atom stereocenters. The second-order valence-corrected chi connectivity index (χ2v) is 2.49. The molecule has 0 radical (unpaired) electrons. The number of anilines is 1. The van der Waals surface area contributed by atoms with Gasteiger partial charge >= 0.3 is 0 Å². The van der Waals surface area contributed by atoms with Crippen LogP contribution in [0.15, 0.2) is 9.78 Å². The Kier molecular flexibility index (Phi) is 2.68. The highest BCUT2D eigenvalue weighted by molar-refractivity contribution is 5.99. The topological polar surface area (TPSA) is 89.8 Å². The summed E-state index contributed by atoms with van der Waals surface area (Å²) in [7, 11) is 5.01. The number of rotatable bonds is 2. The molecule has 13 heavy (non-hydrogen) atoms. The second kappa shape index (κ2) is 3.74. The Hall–Kier alpha value is -1.79. The van der Waals surface area contributed by atoms with Crippen molar-refractivity contribution in [3.05, 3.63) is 5.69 Å². The molecule has 0 aliphatic carbocycles. The van der Waals surface area contributed by atoms with Gasteiger partial charge in [-0.3, -0.25) is 0 Å². The fourth-order valence-corrected chi connectivity index (χ4v) is 0.774. The normalized spacial score (nSPS) is 11.5. The fourth-order valence-electron chi connectivity index (χ4n) is 0.774. The standard InChI is InChI=1S/C6H11N5O2/c1-11(2)6(10-12-3)4-5(7)9-13-8-4/h1-3H3,(H2,7,9)/b10-6-. The van der Waals surface area contributed by atoms with Crippen LogP contribution >= 0.6 is 0 Å². The van der Waals surface area contributed by atoms with Crippen LogP contribution in [0, 0.1) is 0 Å². The van der Waals surface area contributed by atoms with Crippen LogP contribution in [-0.4, -0.2) is 42.3 Å². The number of nitrogens with zero attached hydrogens (tertiary/aromatic N) is 4. The highest BCUT2D eigenvalue weighted by Gasteiger charge is 2.16. The molecule has 7 nitrogen and oxygen atoms in total.